The number of carbonyl (C=O) groups is 2. The van der Waals surface area contributed by atoms with E-state index in [9.17, 15) is 9.59 Å². The quantitative estimate of drug-likeness (QED) is 0.682. The maximum Gasteiger partial charge on any atom is 0.288 e. The highest BCUT2D eigenvalue weighted by Crippen LogP contribution is 2.24. The van der Waals surface area contributed by atoms with Gasteiger partial charge in [0, 0.05) is 24.8 Å². The van der Waals surface area contributed by atoms with Crippen LogP contribution in [0.5, 0.6) is 0 Å². The summed E-state index contributed by atoms with van der Waals surface area (Å²) in [6, 6.07) is 0. The summed E-state index contributed by atoms with van der Waals surface area (Å²) in [6.07, 6.45) is 0.441. The van der Waals surface area contributed by atoms with E-state index in [1.165, 1.54) is 16.7 Å². The third-order valence-corrected chi connectivity index (χ3v) is 2.63. The van der Waals surface area contributed by atoms with Crippen molar-refractivity contribution in [3.05, 3.63) is 0 Å². The van der Waals surface area contributed by atoms with Gasteiger partial charge in [0.25, 0.3) is 5.24 Å². The highest BCUT2D eigenvalue weighted by atomic mass is 32.2. The average Bonchev–Trinajstić information content (AvgIpc) is 1.96. The molecule has 0 bridgehead atoms. The van der Waals surface area contributed by atoms with E-state index in [1.54, 1.807) is 0 Å². The molecule has 0 radical (unpaired) electrons. The monoisotopic (exact) mass is 188 g/mol. The molecule has 0 saturated carbocycles. The molecular weight excluding hydrogens is 176 g/mol. The summed E-state index contributed by atoms with van der Waals surface area (Å²) in [7, 11) is 0. The second-order valence-corrected chi connectivity index (χ2v) is 4.12. The second-order valence-electron chi connectivity index (χ2n) is 2.73. The van der Waals surface area contributed by atoms with Gasteiger partial charge < -0.3 is 5.73 Å². The minimum absolute atomic E-state index is 0.100. The van der Waals surface area contributed by atoms with Crippen molar-refractivity contribution in [2.75, 3.05) is 13.1 Å². The van der Waals surface area contributed by atoms with Crippen LogP contribution < -0.4 is 5.73 Å². The van der Waals surface area contributed by atoms with Crippen molar-refractivity contribution >= 4 is 22.9 Å². The molecule has 4 nitrogen and oxygen atoms in total. The van der Waals surface area contributed by atoms with Crippen LogP contribution in [-0.2, 0) is 4.79 Å². The Balaban J connectivity index is 2.61. The van der Waals surface area contributed by atoms with Gasteiger partial charge in [0.1, 0.15) is 0 Å². The van der Waals surface area contributed by atoms with Gasteiger partial charge in [-0.25, -0.2) is 0 Å². The van der Waals surface area contributed by atoms with Crippen LogP contribution in [0.1, 0.15) is 13.3 Å². The molecule has 2 amide bonds. The smallest absolute Gasteiger partial charge is 0.288 e. The van der Waals surface area contributed by atoms with Gasteiger partial charge in [-0.05, 0) is 0 Å². The number of thioether (sulfide) groups is 1. The summed E-state index contributed by atoms with van der Waals surface area (Å²) < 4.78 is 0. The van der Waals surface area contributed by atoms with Gasteiger partial charge in [0.2, 0.25) is 5.91 Å². The molecule has 1 unspecified atom stereocenters. The van der Waals surface area contributed by atoms with Crippen molar-refractivity contribution < 1.29 is 9.59 Å². The van der Waals surface area contributed by atoms with Crippen LogP contribution in [0.15, 0.2) is 0 Å². The molecule has 1 fully saturated rings. The molecule has 0 spiro atoms. The van der Waals surface area contributed by atoms with Gasteiger partial charge in [0.05, 0.1) is 0 Å². The van der Waals surface area contributed by atoms with Gasteiger partial charge in [-0.2, -0.15) is 0 Å². The fourth-order valence-electron chi connectivity index (χ4n) is 1.08. The van der Waals surface area contributed by atoms with E-state index in [2.05, 4.69) is 0 Å². The topological polar surface area (TPSA) is 63.4 Å². The average molecular weight is 188 g/mol. The molecule has 1 rings (SSSR count). The predicted octanol–water partition coefficient (Wildman–Crippen LogP) is 0.419. The first kappa shape index (κ1) is 9.54. The maximum absolute atomic E-state index is 11.2. The molecule has 0 aromatic carbocycles. The van der Waals surface area contributed by atoms with Crippen molar-refractivity contribution in [3.63, 3.8) is 0 Å². The van der Waals surface area contributed by atoms with E-state index < -0.39 is 0 Å². The van der Waals surface area contributed by atoms with Crippen LogP contribution >= 0.6 is 11.8 Å². The minimum Gasteiger partial charge on any atom is -0.329 e. The van der Waals surface area contributed by atoms with Gasteiger partial charge in [0.15, 0.2) is 0 Å². The number of nitrogens with two attached hydrogens (primary N) is 1. The third kappa shape index (κ3) is 1.98. The fraction of sp³-hybridized carbons (Fsp3) is 0.714. The lowest BCUT2D eigenvalue weighted by molar-refractivity contribution is -0.127. The Morgan fingerprint density at radius 1 is 1.67 bits per heavy atom. The van der Waals surface area contributed by atoms with Crippen LogP contribution in [0, 0.1) is 0 Å². The normalized spacial score (nSPS) is 24.8. The number of imide groups is 1. The van der Waals surface area contributed by atoms with Crippen molar-refractivity contribution in [2.45, 2.75) is 18.6 Å². The molecule has 12 heavy (non-hydrogen) atoms. The van der Waals surface area contributed by atoms with Crippen LogP contribution in [0.25, 0.3) is 0 Å². The number of rotatable bonds is 2. The highest BCUT2D eigenvalue weighted by Gasteiger charge is 2.30. The Morgan fingerprint density at radius 2 is 2.33 bits per heavy atom. The lowest BCUT2D eigenvalue weighted by Crippen LogP contribution is -2.43. The first-order valence-electron chi connectivity index (χ1n) is 3.86. The minimum atomic E-state index is -0.163. The number of hydrogen-bond donors (Lipinski definition) is 1. The predicted molar refractivity (Wildman–Crippen MR) is 47.8 cm³/mol. The van der Waals surface area contributed by atoms with Crippen LogP contribution in [0.2, 0.25) is 0 Å². The van der Waals surface area contributed by atoms with Crippen LogP contribution in [0.4, 0.5) is 4.79 Å². The van der Waals surface area contributed by atoms with Gasteiger partial charge in [-0.3, -0.25) is 14.5 Å². The molecule has 0 aromatic rings. The Labute approximate surface area is 75.5 Å². The molecule has 68 valence electrons. The summed E-state index contributed by atoms with van der Waals surface area (Å²) in [5.74, 6) is -0.100. The van der Waals surface area contributed by atoms with E-state index in [-0.39, 0.29) is 16.4 Å². The van der Waals surface area contributed by atoms with Crippen molar-refractivity contribution in [2.24, 2.45) is 5.73 Å². The molecule has 0 aliphatic carbocycles. The lowest BCUT2D eigenvalue weighted by atomic mass is 10.3. The van der Waals surface area contributed by atoms with E-state index in [0.29, 0.717) is 19.5 Å². The van der Waals surface area contributed by atoms with Crippen LogP contribution in [-0.4, -0.2) is 34.4 Å². The summed E-state index contributed by atoms with van der Waals surface area (Å²) in [6.45, 7) is 2.56. The zero-order valence-corrected chi connectivity index (χ0v) is 7.76. The van der Waals surface area contributed by atoms with Crippen molar-refractivity contribution in [1.29, 1.82) is 0 Å². The van der Waals surface area contributed by atoms with E-state index in [1.807, 2.05) is 6.92 Å². The number of amides is 2. The molecule has 1 aliphatic rings. The first-order chi connectivity index (χ1) is 5.65. The molecule has 1 atom stereocenters. The lowest BCUT2D eigenvalue weighted by Gasteiger charge is -2.26. The summed E-state index contributed by atoms with van der Waals surface area (Å²) in [5, 5.41) is -0.0526. The Hall–Kier alpha value is -0.550. The maximum atomic E-state index is 11.2. The molecular formula is C7H12N2O2S. The van der Waals surface area contributed by atoms with Gasteiger partial charge in [-0.15, -0.1) is 0 Å². The Morgan fingerprint density at radius 3 is 2.83 bits per heavy atom. The third-order valence-electron chi connectivity index (χ3n) is 1.64. The zero-order chi connectivity index (χ0) is 9.14. The first-order valence-corrected chi connectivity index (χ1v) is 4.74. The number of hydrogen-bond acceptors (Lipinski definition) is 4. The number of nitrogens with zero attached hydrogens (tertiary/aromatic N) is 1. The van der Waals surface area contributed by atoms with E-state index >= 15 is 0 Å². The fourth-order valence-corrected chi connectivity index (χ4v) is 1.97. The number of carbonyl (C=O) groups excluding carboxylic acids is 2. The summed E-state index contributed by atoms with van der Waals surface area (Å²) >= 11 is 1.20. The van der Waals surface area contributed by atoms with Crippen molar-refractivity contribution in [3.8, 4) is 0 Å². The van der Waals surface area contributed by atoms with Crippen LogP contribution in [0.3, 0.4) is 0 Å². The van der Waals surface area contributed by atoms with Crippen molar-refractivity contribution in [1.82, 2.24) is 4.90 Å². The Kier molecular flexibility index (Phi) is 3.11. The SMILES string of the molecule is CC1CC(=O)N(CCN)C(=O)S1. The highest BCUT2D eigenvalue weighted by molar-refractivity contribution is 8.14. The molecule has 0 aromatic heterocycles. The zero-order valence-electron chi connectivity index (χ0n) is 6.95. The summed E-state index contributed by atoms with van der Waals surface area (Å²) in [4.78, 5) is 23.7. The Bertz CT molecular complexity index is 190. The van der Waals surface area contributed by atoms with E-state index in [4.69, 9.17) is 5.73 Å². The largest absolute Gasteiger partial charge is 0.329 e. The molecule has 1 aliphatic heterocycles. The molecule has 1 saturated heterocycles. The molecule has 2 N–H and O–H groups in total. The molecule has 1 heterocycles. The van der Waals surface area contributed by atoms with E-state index in [0.717, 1.165) is 0 Å². The second kappa shape index (κ2) is 3.91. The molecule has 5 heteroatoms. The van der Waals surface area contributed by atoms with Gasteiger partial charge >= 0.3 is 0 Å². The van der Waals surface area contributed by atoms with Gasteiger partial charge in [-0.1, -0.05) is 18.7 Å². The summed E-state index contributed by atoms with van der Waals surface area (Å²) in [5.41, 5.74) is 5.26. The standard InChI is InChI=1S/C7H12N2O2S/c1-5-4-6(10)9(3-2-8)7(11)12-5/h5H,2-4,8H2,1H3.